The fourth-order valence-electron chi connectivity index (χ4n) is 1.91. The van der Waals surface area contributed by atoms with Crippen LogP contribution in [0.3, 0.4) is 0 Å². The van der Waals surface area contributed by atoms with Crippen LogP contribution in [0.25, 0.3) is 0 Å². The van der Waals surface area contributed by atoms with Crippen molar-refractivity contribution in [1.82, 2.24) is 9.97 Å². The minimum absolute atomic E-state index is 0.209. The summed E-state index contributed by atoms with van der Waals surface area (Å²) >= 11 is 4.80. The number of carbonyl (C=O) groups is 1. The Morgan fingerprint density at radius 2 is 2.04 bits per heavy atom. The number of thiazole rings is 1. The van der Waals surface area contributed by atoms with Gasteiger partial charge in [0.05, 0.1) is 11.2 Å². The highest BCUT2D eigenvalue weighted by molar-refractivity contribution is 9.10. The average Bonchev–Trinajstić information content (AvgIpc) is 2.96. The molecule has 3 aromatic rings. The summed E-state index contributed by atoms with van der Waals surface area (Å²) in [6.45, 7) is 1.84. The maximum absolute atomic E-state index is 12.0. The van der Waals surface area contributed by atoms with E-state index in [4.69, 9.17) is 4.74 Å². The van der Waals surface area contributed by atoms with Crippen molar-refractivity contribution < 1.29 is 9.53 Å². The molecule has 24 heavy (non-hydrogen) atoms. The lowest BCUT2D eigenvalue weighted by Gasteiger charge is -2.09. The number of hydrogen-bond acceptors (Lipinski definition) is 6. The van der Waals surface area contributed by atoms with Crippen LogP contribution in [0, 0.1) is 6.92 Å². The molecule has 1 aromatic carbocycles. The van der Waals surface area contributed by atoms with E-state index in [1.165, 1.54) is 11.3 Å². The molecule has 0 saturated heterocycles. The molecule has 0 unspecified atom stereocenters. The lowest BCUT2D eigenvalue weighted by Crippen LogP contribution is -2.18. The molecule has 122 valence electrons. The number of anilines is 3. The Morgan fingerprint density at radius 3 is 2.83 bits per heavy atom. The van der Waals surface area contributed by atoms with Crippen LogP contribution in [0.1, 0.15) is 5.69 Å². The Balaban J connectivity index is 1.69. The number of hydrogen-bond donors (Lipinski definition) is 2. The molecule has 2 N–H and O–H groups in total. The fraction of sp³-hybridized carbons (Fsp3) is 0.0625. The van der Waals surface area contributed by atoms with E-state index in [9.17, 15) is 4.79 Å². The van der Waals surface area contributed by atoms with E-state index in [0.29, 0.717) is 10.8 Å². The van der Waals surface area contributed by atoms with Crippen LogP contribution in [0.15, 0.2) is 52.4 Å². The van der Waals surface area contributed by atoms with Gasteiger partial charge in [-0.15, -0.1) is 11.3 Å². The summed E-state index contributed by atoms with van der Waals surface area (Å²) in [5, 5.41) is 6.40. The van der Waals surface area contributed by atoms with Crippen molar-refractivity contribution in [3.8, 4) is 5.88 Å². The molecule has 0 atom stereocenters. The second kappa shape index (κ2) is 7.41. The molecule has 0 aliphatic carbocycles. The Morgan fingerprint density at radius 1 is 1.21 bits per heavy atom. The normalized spacial score (nSPS) is 10.2. The third-order valence-electron chi connectivity index (χ3n) is 2.96. The highest BCUT2D eigenvalue weighted by atomic mass is 79.9. The first-order valence-corrected chi connectivity index (χ1v) is 8.66. The summed E-state index contributed by atoms with van der Waals surface area (Å²) in [5.74, 6) is 0.636. The third kappa shape index (κ3) is 4.09. The lowest BCUT2D eigenvalue weighted by atomic mass is 10.3. The topological polar surface area (TPSA) is 76.1 Å². The smallest absolute Gasteiger partial charge is 0.388 e. The number of para-hydroxylation sites is 1. The van der Waals surface area contributed by atoms with Gasteiger partial charge in [-0.2, -0.15) is 0 Å². The Hall–Kier alpha value is -2.45. The van der Waals surface area contributed by atoms with Gasteiger partial charge in [-0.25, -0.2) is 14.8 Å². The first-order valence-electron chi connectivity index (χ1n) is 6.99. The molecule has 0 fully saturated rings. The Bertz CT molecular complexity index is 869. The van der Waals surface area contributed by atoms with Crippen molar-refractivity contribution in [1.29, 1.82) is 0 Å². The quantitative estimate of drug-likeness (QED) is 0.642. The molecule has 0 aliphatic heterocycles. The maximum Gasteiger partial charge on any atom is 0.419 e. The van der Waals surface area contributed by atoms with Crippen LogP contribution in [-0.2, 0) is 0 Å². The van der Waals surface area contributed by atoms with Crippen LogP contribution < -0.4 is 15.4 Å². The molecular weight excluding hydrogens is 392 g/mol. The molecule has 2 heterocycles. The lowest BCUT2D eigenvalue weighted by molar-refractivity contribution is 0.214. The molecule has 6 nitrogen and oxygen atoms in total. The first kappa shape index (κ1) is 16.4. The third-order valence-corrected chi connectivity index (χ3v) is 4.38. The number of carbonyl (C=O) groups excluding carboxylic acids is 1. The number of aromatic nitrogens is 2. The van der Waals surface area contributed by atoms with Crippen molar-refractivity contribution >= 4 is 49.9 Å². The molecule has 0 bridgehead atoms. The number of ether oxygens (including phenoxy) is 1. The maximum atomic E-state index is 12.0. The summed E-state index contributed by atoms with van der Waals surface area (Å²) in [5.41, 5.74) is 3.26. The predicted molar refractivity (Wildman–Crippen MR) is 98.2 cm³/mol. The van der Waals surface area contributed by atoms with E-state index in [0.717, 1.165) is 15.9 Å². The number of halogens is 1. The van der Waals surface area contributed by atoms with Gasteiger partial charge in [-0.3, -0.25) is 5.32 Å². The zero-order chi connectivity index (χ0) is 16.9. The highest BCUT2D eigenvalue weighted by Gasteiger charge is 2.14. The van der Waals surface area contributed by atoms with Crippen LogP contribution >= 0.6 is 27.3 Å². The van der Waals surface area contributed by atoms with E-state index in [-0.39, 0.29) is 5.88 Å². The summed E-state index contributed by atoms with van der Waals surface area (Å²) in [4.78, 5) is 20.3. The summed E-state index contributed by atoms with van der Waals surface area (Å²) in [7, 11) is 0. The zero-order valence-corrected chi connectivity index (χ0v) is 15.0. The van der Waals surface area contributed by atoms with Gasteiger partial charge in [0.2, 0.25) is 0 Å². The number of rotatable bonds is 4. The van der Waals surface area contributed by atoms with Crippen molar-refractivity contribution in [3.63, 3.8) is 0 Å². The van der Waals surface area contributed by atoms with E-state index < -0.39 is 6.09 Å². The molecule has 1 amide bonds. The van der Waals surface area contributed by atoms with Gasteiger partial charge >= 0.3 is 6.09 Å². The van der Waals surface area contributed by atoms with Gasteiger partial charge in [0.25, 0.3) is 5.88 Å². The van der Waals surface area contributed by atoms with Crippen molar-refractivity contribution in [3.05, 3.63) is 58.1 Å². The second-order valence-electron chi connectivity index (χ2n) is 4.77. The molecule has 0 radical (unpaired) electrons. The van der Waals surface area contributed by atoms with E-state index >= 15 is 0 Å². The Kier molecular flexibility index (Phi) is 5.07. The summed E-state index contributed by atoms with van der Waals surface area (Å²) in [6, 6.07) is 13.0. The molecule has 0 spiro atoms. The summed E-state index contributed by atoms with van der Waals surface area (Å²) < 4.78 is 6.17. The SMILES string of the molecule is Cc1cccc(NC(=O)Oc2ncsc2Nc2ccccc2Br)n1. The molecule has 2 aromatic heterocycles. The average molecular weight is 405 g/mol. The van der Waals surface area contributed by atoms with Gasteiger partial charge in [-0.05, 0) is 47.1 Å². The monoisotopic (exact) mass is 404 g/mol. The first-order chi connectivity index (χ1) is 11.6. The summed E-state index contributed by atoms with van der Waals surface area (Å²) in [6.07, 6.45) is -0.644. The number of pyridine rings is 1. The Labute approximate surface area is 151 Å². The van der Waals surface area contributed by atoms with E-state index in [1.807, 2.05) is 37.3 Å². The van der Waals surface area contributed by atoms with Crippen molar-refractivity contribution in [2.75, 3.05) is 10.6 Å². The molecule has 3 rings (SSSR count). The highest BCUT2D eigenvalue weighted by Crippen LogP contribution is 2.33. The second-order valence-corrected chi connectivity index (χ2v) is 6.48. The van der Waals surface area contributed by atoms with E-state index in [1.54, 1.807) is 17.6 Å². The van der Waals surface area contributed by atoms with Crippen LogP contribution in [-0.4, -0.2) is 16.1 Å². The number of nitrogens with one attached hydrogen (secondary N) is 2. The van der Waals surface area contributed by atoms with E-state index in [2.05, 4.69) is 36.5 Å². The standard InChI is InChI=1S/C16H13BrN4O2S/c1-10-5-4-8-13(19-10)21-16(22)23-14-15(24-9-18-14)20-12-7-3-2-6-11(12)17/h2-9,20H,1H3,(H,19,21,22). The van der Waals surface area contributed by atoms with Crippen molar-refractivity contribution in [2.24, 2.45) is 0 Å². The minimum atomic E-state index is -0.644. The molecular formula is C16H13BrN4O2S. The van der Waals surface area contributed by atoms with Crippen LogP contribution in [0.5, 0.6) is 5.88 Å². The van der Waals surface area contributed by atoms with Crippen molar-refractivity contribution in [2.45, 2.75) is 6.92 Å². The van der Waals surface area contributed by atoms with Gasteiger partial charge in [-0.1, -0.05) is 18.2 Å². The minimum Gasteiger partial charge on any atom is -0.388 e. The predicted octanol–water partition coefficient (Wildman–Crippen LogP) is 4.96. The number of nitrogens with zero attached hydrogens (tertiary/aromatic N) is 2. The zero-order valence-electron chi connectivity index (χ0n) is 12.6. The van der Waals surface area contributed by atoms with Gasteiger partial charge in [0.15, 0.2) is 5.00 Å². The molecule has 0 aliphatic rings. The number of benzene rings is 1. The largest absolute Gasteiger partial charge is 0.419 e. The van der Waals surface area contributed by atoms with Crippen LogP contribution in [0.4, 0.5) is 21.3 Å². The number of amides is 1. The fourth-order valence-corrected chi connectivity index (χ4v) is 2.91. The molecule has 8 heteroatoms. The van der Waals surface area contributed by atoms with Gasteiger partial charge < -0.3 is 10.1 Å². The molecule has 0 saturated carbocycles. The number of aryl methyl sites for hydroxylation is 1. The van der Waals surface area contributed by atoms with Gasteiger partial charge in [0, 0.05) is 10.2 Å². The van der Waals surface area contributed by atoms with Crippen LogP contribution in [0.2, 0.25) is 0 Å². The van der Waals surface area contributed by atoms with Gasteiger partial charge in [0.1, 0.15) is 5.82 Å².